The fraction of sp³-hybridized carbons (Fsp3) is 0.571. The zero-order valence-corrected chi connectivity index (χ0v) is 9.70. The summed E-state index contributed by atoms with van der Waals surface area (Å²) in [5, 5.41) is 0. The second-order valence-electron chi connectivity index (χ2n) is 4.61. The van der Waals surface area contributed by atoms with E-state index in [1.807, 2.05) is 0 Å². The molecule has 1 fully saturated rings. The summed E-state index contributed by atoms with van der Waals surface area (Å²) in [7, 11) is 1.77. The van der Waals surface area contributed by atoms with Crippen LogP contribution in [0.1, 0.15) is 44.1 Å². The largest absolute Gasteiger partial charge is 0.496 e. The number of benzene rings is 1. The summed E-state index contributed by atoms with van der Waals surface area (Å²) in [4.78, 5) is 0. The lowest BCUT2D eigenvalue weighted by Crippen LogP contribution is -2.15. The molecule has 2 atom stereocenters. The zero-order chi connectivity index (χ0) is 10.7. The van der Waals surface area contributed by atoms with Crippen molar-refractivity contribution >= 4 is 0 Å². The Hall–Kier alpha value is -0.980. The Kier molecular flexibility index (Phi) is 3.30. The molecule has 1 aliphatic rings. The van der Waals surface area contributed by atoms with Crippen molar-refractivity contribution in [2.75, 3.05) is 7.11 Å². The predicted molar refractivity (Wildman–Crippen MR) is 63.4 cm³/mol. The molecule has 0 spiro atoms. The molecule has 1 aliphatic carbocycles. The molecular formula is C14H20O. The van der Waals surface area contributed by atoms with Gasteiger partial charge in [-0.25, -0.2) is 0 Å². The highest BCUT2D eigenvalue weighted by Crippen LogP contribution is 2.40. The van der Waals surface area contributed by atoms with Gasteiger partial charge in [-0.05, 0) is 29.9 Å². The maximum atomic E-state index is 5.45. The summed E-state index contributed by atoms with van der Waals surface area (Å²) in [6.45, 7) is 2.37. The topological polar surface area (TPSA) is 9.23 Å². The van der Waals surface area contributed by atoms with Crippen LogP contribution in [0, 0.1) is 5.92 Å². The number of rotatable bonds is 2. The van der Waals surface area contributed by atoms with Crippen LogP contribution in [0.2, 0.25) is 0 Å². The van der Waals surface area contributed by atoms with Gasteiger partial charge in [-0.1, -0.05) is 44.4 Å². The van der Waals surface area contributed by atoms with Crippen LogP contribution in [0.4, 0.5) is 0 Å². The van der Waals surface area contributed by atoms with E-state index in [-0.39, 0.29) is 0 Å². The molecule has 0 radical (unpaired) electrons. The third kappa shape index (κ3) is 2.17. The van der Waals surface area contributed by atoms with Crippen molar-refractivity contribution < 1.29 is 4.74 Å². The molecule has 0 heterocycles. The molecule has 0 unspecified atom stereocenters. The second kappa shape index (κ2) is 4.69. The van der Waals surface area contributed by atoms with Gasteiger partial charge in [0, 0.05) is 0 Å². The van der Waals surface area contributed by atoms with Crippen LogP contribution in [0.3, 0.4) is 0 Å². The number of hydrogen-bond acceptors (Lipinski definition) is 1. The summed E-state index contributed by atoms with van der Waals surface area (Å²) in [5.41, 5.74) is 1.41. The number of methoxy groups -OCH3 is 1. The maximum absolute atomic E-state index is 5.45. The Balaban J connectivity index is 2.26. The van der Waals surface area contributed by atoms with Gasteiger partial charge >= 0.3 is 0 Å². The van der Waals surface area contributed by atoms with Gasteiger partial charge in [0.05, 0.1) is 7.11 Å². The monoisotopic (exact) mass is 204 g/mol. The summed E-state index contributed by atoms with van der Waals surface area (Å²) in [5.74, 6) is 2.57. The van der Waals surface area contributed by atoms with Crippen molar-refractivity contribution in [2.45, 2.75) is 38.5 Å². The molecule has 15 heavy (non-hydrogen) atoms. The predicted octanol–water partition coefficient (Wildman–Crippen LogP) is 3.99. The molecule has 1 aromatic rings. The van der Waals surface area contributed by atoms with Crippen LogP contribution in [0.25, 0.3) is 0 Å². The molecule has 82 valence electrons. The molecule has 0 bridgehead atoms. The lowest BCUT2D eigenvalue weighted by atomic mass is 9.76. The Morgan fingerprint density at radius 2 is 1.87 bits per heavy atom. The van der Waals surface area contributed by atoms with E-state index in [4.69, 9.17) is 4.74 Å². The first-order valence-electron chi connectivity index (χ1n) is 5.96. The van der Waals surface area contributed by atoms with Gasteiger partial charge in [0.1, 0.15) is 5.75 Å². The standard InChI is InChI=1S/C14H20O/c1-11-7-3-4-8-12(11)13-9-5-6-10-14(13)15-2/h5-6,9-12H,3-4,7-8H2,1-2H3/t11-,12+/m0/s1. The molecule has 1 nitrogen and oxygen atoms in total. The van der Waals surface area contributed by atoms with Crippen LogP contribution < -0.4 is 4.74 Å². The van der Waals surface area contributed by atoms with E-state index in [9.17, 15) is 0 Å². The Morgan fingerprint density at radius 3 is 2.60 bits per heavy atom. The summed E-state index contributed by atoms with van der Waals surface area (Å²) in [6, 6.07) is 8.48. The molecular weight excluding hydrogens is 184 g/mol. The summed E-state index contributed by atoms with van der Waals surface area (Å²) >= 11 is 0. The summed E-state index contributed by atoms with van der Waals surface area (Å²) in [6.07, 6.45) is 5.45. The minimum Gasteiger partial charge on any atom is -0.496 e. The Morgan fingerprint density at radius 1 is 1.13 bits per heavy atom. The minimum atomic E-state index is 0.704. The Labute approximate surface area is 92.5 Å². The van der Waals surface area contributed by atoms with Gasteiger partial charge in [-0.2, -0.15) is 0 Å². The third-order valence-corrected chi connectivity index (χ3v) is 3.65. The quantitative estimate of drug-likeness (QED) is 0.707. The van der Waals surface area contributed by atoms with Crippen molar-refractivity contribution in [3.63, 3.8) is 0 Å². The number of hydrogen-bond donors (Lipinski definition) is 0. The average molecular weight is 204 g/mol. The van der Waals surface area contributed by atoms with Crippen molar-refractivity contribution in [3.8, 4) is 5.75 Å². The molecule has 0 aromatic heterocycles. The molecule has 0 saturated heterocycles. The third-order valence-electron chi connectivity index (χ3n) is 3.65. The maximum Gasteiger partial charge on any atom is 0.122 e. The number of ether oxygens (including phenoxy) is 1. The van der Waals surface area contributed by atoms with Gasteiger partial charge in [0.25, 0.3) is 0 Å². The molecule has 0 amide bonds. The minimum absolute atomic E-state index is 0.704. The SMILES string of the molecule is COc1ccccc1[C@@H]1CCCC[C@@H]1C. The van der Waals surface area contributed by atoms with Crippen molar-refractivity contribution in [1.29, 1.82) is 0 Å². The lowest BCUT2D eigenvalue weighted by molar-refractivity contribution is 0.318. The molecule has 0 aliphatic heterocycles. The van der Waals surface area contributed by atoms with Crippen LogP contribution in [-0.2, 0) is 0 Å². The smallest absolute Gasteiger partial charge is 0.122 e. The van der Waals surface area contributed by atoms with Gasteiger partial charge in [0.15, 0.2) is 0 Å². The van der Waals surface area contributed by atoms with Gasteiger partial charge in [0.2, 0.25) is 0 Å². The fourth-order valence-electron chi connectivity index (χ4n) is 2.75. The van der Waals surface area contributed by atoms with E-state index >= 15 is 0 Å². The van der Waals surface area contributed by atoms with Gasteiger partial charge in [-0.3, -0.25) is 0 Å². The van der Waals surface area contributed by atoms with Crippen LogP contribution in [0.15, 0.2) is 24.3 Å². The number of para-hydroxylation sites is 1. The molecule has 1 heteroatoms. The van der Waals surface area contributed by atoms with Crippen LogP contribution >= 0.6 is 0 Å². The highest BCUT2D eigenvalue weighted by Gasteiger charge is 2.24. The van der Waals surface area contributed by atoms with Gasteiger partial charge < -0.3 is 4.74 Å². The molecule has 1 aromatic carbocycles. The van der Waals surface area contributed by atoms with Crippen LogP contribution in [0.5, 0.6) is 5.75 Å². The molecule has 1 saturated carbocycles. The van der Waals surface area contributed by atoms with E-state index < -0.39 is 0 Å². The van der Waals surface area contributed by atoms with Crippen molar-refractivity contribution in [2.24, 2.45) is 5.92 Å². The van der Waals surface area contributed by atoms with Crippen molar-refractivity contribution in [1.82, 2.24) is 0 Å². The van der Waals surface area contributed by atoms with Crippen LogP contribution in [-0.4, -0.2) is 7.11 Å². The highest BCUT2D eigenvalue weighted by molar-refractivity contribution is 5.36. The second-order valence-corrected chi connectivity index (χ2v) is 4.61. The van der Waals surface area contributed by atoms with E-state index in [1.165, 1.54) is 31.2 Å². The first-order chi connectivity index (χ1) is 7.33. The highest BCUT2D eigenvalue weighted by atomic mass is 16.5. The normalized spacial score (nSPS) is 26.3. The lowest BCUT2D eigenvalue weighted by Gasteiger charge is -2.30. The molecule has 2 rings (SSSR count). The first-order valence-corrected chi connectivity index (χ1v) is 5.96. The fourth-order valence-corrected chi connectivity index (χ4v) is 2.75. The van der Waals surface area contributed by atoms with E-state index in [0.29, 0.717) is 5.92 Å². The molecule has 0 N–H and O–H groups in total. The van der Waals surface area contributed by atoms with Gasteiger partial charge in [-0.15, -0.1) is 0 Å². The van der Waals surface area contributed by atoms with Crippen molar-refractivity contribution in [3.05, 3.63) is 29.8 Å². The summed E-state index contributed by atoms with van der Waals surface area (Å²) < 4.78 is 5.45. The van der Waals surface area contributed by atoms with E-state index in [1.54, 1.807) is 7.11 Å². The average Bonchev–Trinajstić information content (AvgIpc) is 2.30. The van der Waals surface area contributed by atoms with E-state index in [2.05, 4.69) is 31.2 Å². The Bertz CT molecular complexity index is 319. The first kappa shape index (κ1) is 10.5. The zero-order valence-electron chi connectivity index (χ0n) is 9.70. The van der Waals surface area contributed by atoms with E-state index in [0.717, 1.165) is 11.7 Å².